The van der Waals surface area contributed by atoms with Gasteiger partial charge in [-0.05, 0) is 25.0 Å². The lowest BCUT2D eigenvalue weighted by molar-refractivity contribution is -0.141. The van der Waals surface area contributed by atoms with Gasteiger partial charge in [0.25, 0.3) is 0 Å². The zero-order valence-electron chi connectivity index (χ0n) is 9.99. The van der Waals surface area contributed by atoms with Crippen molar-refractivity contribution in [3.63, 3.8) is 0 Å². The van der Waals surface area contributed by atoms with Gasteiger partial charge < -0.3 is 5.73 Å². The van der Waals surface area contributed by atoms with Crippen molar-refractivity contribution in [2.45, 2.75) is 38.9 Å². The molecule has 1 heterocycles. The molecule has 0 aromatic carbocycles. The normalized spacial score (nSPS) is 16.0. The maximum absolute atomic E-state index is 12.3. The van der Waals surface area contributed by atoms with Crippen molar-refractivity contribution in [2.24, 2.45) is 11.7 Å². The summed E-state index contributed by atoms with van der Waals surface area (Å²) in [5.74, 6) is 0.103. The van der Waals surface area contributed by atoms with Gasteiger partial charge in [0.15, 0.2) is 5.69 Å². The molecule has 0 amide bonds. The van der Waals surface area contributed by atoms with Gasteiger partial charge in [0.1, 0.15) is 0 Å². The fourth-order valence-corrected chi connectivity index (χ4v) is 1.89. The molecule has 6 heteroatoms. The van der Waals surface area contributed by atoms with Crippen molar-refractivity contribution in [1.82, 2.24) is 10.2 Å². The summed E-state index contributed by atoms with van der Waals surface area (Å²) in [5.41, 5.74) is 5.33. The monoisotopic (exact) mass is 247 g/mol. The summed E-state index contributed by atoms with van der Waals surface area (Å²) in [4.78, 5) is 0. The topological polar surface area (TPSA) is 51.8 Å². The van der Waals surface area contributed by atoms with Crippen LogP contribution in [0.2, 0.25) is 0 Å². The summed E-state index contributed by atoms with van der Waals surface area (Å²) < 4.78 is 36.9. The lowest BCUT2D eigenvalue weighted by Gasteiger charge is -2.23. The summed E-state index contributed by atoms with van der Waals surface area (Å²) >= 11 is 0. The van der Waals surface area contributed by atoms with Gasteiger partial charge in [-0.3, -0.25) is 0 Å². The molecule has 2 N–H and O–H groups in total. The quantitative estimate of drug-likeness (QED) is 0.893. The first-order valence-corrected chi connectivity index (χ1v) is 5.40. The predicted octanol–water partition coefficient (Wildman–Crippen LogP) is 2.58. The van der Waals surface area contributed by atoms with Crippen LogP contribution in [0.4, 0.5) is 13.2 Å². The molecule has 2 unspecified atom stereocenters. The van der Waals surface area contributed by atoms with E-state index in [9.17, 15) is 13.2 Å². The van der Waals surface area contributed by atoms with E-state index >= 15 is 0 Å². The number of nitrogens with zero attached hydrogens (tertiary/aromatic N) is 2. The van der Waals surface area contributed by atoms with E-state index in [-0.39, 0.29) is 17.9 Å². The molecule has 1 aromatic heterocycles. The SMILES string of the molecule is CC(C)C(c1ccc(C(F)(F)F)nn1)C(C)N. The second-order valence-electron chi connectivity index (χ2n) is 4.47. The number of hydrogen-bond acceptors (Lipinski definition) is 3. The zero-order chi connectivity index (χ0) is 13.2. The first-order chi connectivity index (χ1) is 7.73. The highest BCUT2D eigenvalue weighted by Gasteiger charge is 2.33. The van der Waals surface area contributed by atoms with Crippen LogP contribution < -0.4 is 5.73 Å². The molecule has 0 saturated heterocycles. The van der Waals surface area contributed by atoms with Gasteiger partial charge in [-0.25, -0.2) is 0 Å². The molecule has 3 nitrogen and oxygen atoms in total. The third-order valence-electron chi connectivity index (χ3n) is 2.60. The lowest BCUT2D eigenvalue weighted by atomic mass is 9.87. The Bertz CT molecular complexity index is 349. The van der Waals surface area contributed by atoms with E-state index in [1.807, 2.05) is 20.8 Å². The van der Waals surface area contributed by atoms with E-state index in [1.165, 1.54) is 6.07 Å². The van der Waals surface area contributed by atoms with Gasteiger partial charge in [0, 0.05) is 12.0 Å². The molecule has 17 heavy (non-hydrogen) atoms. The number of nitrogens with two attached hydrogens (primary N) is 1. The van der Waals surface area contributed by atoms with Crippen LogP contribution in [0.3, 0.4) is 0 Å². The minimum atomic E-state index is -4.45. The summed E-state index contributed by atoms with van der Waals surface area (Å²) in [7, 11) is 0. The first kappa shape index (κ1) is 13.9. The average molecular weight is 247 g/mol. The first-order valence-electron chi connectivity index (χ1n) is 5.40. The molecule has 1 rings (SSSR count). The Morgan fingerprint density at radius 2 is 1.71 bits per heavy atom. The fraction of sp³-hybridized carbons (Fsp3) is 0.636. The summed E-state index contributed by atoms with van der Waals surface area (Å²) in [6.45, 7) is 5.71. The molecule has 0 radical (unpaired) electrons. The Morgan fingerprint density at radius 3 is 2.00 bits per heavy atom. The Hall–Kier alpha value is -1.17. The smallest absolute Gasteiger partial charge is 0.327 e. The van der Waals surface area contributed by atoms with Gasteiger partial charge in [-0.15, -0.1) is 5.10 Å². The molecular formula is C11H16F3N3. The number of aromatic nitrogens is 2. The van der Waals surface area contributed by atoms with E-state index < -0.39 is 11.9 Å². The van der Waals surface area contributed by atoms with E-state index in [2.05, 4.69) is 10.2 Å². The highest BCUT2D eigenvalue weighted by Crippen LogP contribution is 2.29. The molecule has 0 fully saturated rings. The highest BCUT2D eigenvalue weighted by molar-refractivity contribution is 5.15. The molecule has 0 bridgehead atoms. The second-order valence-corrected chi connectivity index (χ2v) is 4.47. The van der Waals surface area contributed by atoms with Gasteiger partial charge in [0.05, 0.1) is 5.69 Å². The Morgan fingerprint density at radius 1 is 1.12 bits per heavy atom. The summed E-state index contributed by atoms with van der Waals surface area (Å²) in [6, 6.07) is 2.12. The fourth-order valence-electron chi connectivity index (χ4n) is 1.89. The van der Waals surface area contributed by atoms with Gasteiger partial charge in [0.2, 0.25) is 0 Å². The van der Waals surface area contributed by atoms with Crippen LogP contribution in [0.5, 0.6) is 0 Å². The van der Waals surface area contributed by atoms with Crippen LogP contribution in [-0.2, 0) is 6.18 Å². The van der Waals surface area contributed by atoms with Crippen molar-refractivity contribution in [3.8, 4) is 0 Å². The van der Waals surface area contributed by atoms with Crippen LogP contribution in [0.1, 0.15) is 38.1 Å². The van der Waals surface area contributed by atoms with Crippen molar-refractivity contribution in [3.05, 3.63) is 23.5 Å². The number of rotatable bonds is 3. The standard InChI is InChI=1S/C11H16F3N3/c1-6(2)10(7(3)15)8-4-5-9(17-16-8)11(12,13)14/h4-7,10H,15H2,1-3H3. The van der Waals surface area contributed by atoms with Gasteiger partial charge in [-0.2, -0.15) is 18.3 Å². The van der Waals surface area contributed by atoms with E-state index in [4.69, 9.17) is 5.73 Å². The number of alkyl halides is 3. The third-order valence-corrected chi connectivity index (χ3v) is 2.60. The third kappa shape index (κ3) is 3.39. The van der Waals surface area contributed by atoms with Crippen molar-refractivity contribution in [1.29, 1.82) is 0 Å². The zero-order valence-corrected chi connectivity index (χ0v) is 9.99. The van der Waals surface area contributed by atoms with Crippen LogP contribution in [-0.4, -0.2) is 16.2 Å². The molecule has 1 aromatic rings. The van der Waals surface area contributed by atoms with Crippen molar-refractivity contribution < 1.29 is 13.2 Å². The van der Waals surface area contributed by atoms with Gasteiger partial charge >= 0.3 is 6.18 Å². The van der Waals surface area contributed by atoms with Crippen LogP contribution in [0, 0.1) is 5.92 Å². The highest BCUT2D eigenvalue weighted by atomic mass is 19.4. The Labute approximate surface area is 98.2 Å². The van der Waals surface area contributed by atoms with Crippen molar-refractivity contribution in [2.75, 3.05) is 0 Å². The molecule has 0 aliphatic heterocycles. The molecule has 0 saturated carbocycles. The predicted molar refractivity (Wildman–Crippen MR) is 58.3 cm³/mol. The molecule has 0 spiro atoms. The van der Waals surface area contributed by atoms with Crippen LogP contribution >= 0.6 is 0 Å². The minimum Gasteiger partial charge on any atom is -0.327 e. The average Bonchev–Trinajstić information content (AvgIpc) is 2.15. The van der Waals surface area contributed by atoms with Crippen molar-refractivity contribution >= 4 is 0 Å². The summed E-state index contributed by atoms with van der Waals surface area (Å²) in [6.07, 6.45) is -4.45. The lowest BCUT2D eigenvalue weighted by Crippen LogP contribution is -2.29. The number of hydrogen-bond donors (Lipinski definition) is 1. The second kappa shape index (κ2) is 5.00. The maximum Gasteiger partial charge on any atom is 0.435 e. The van der Waals surface area contributed by atoms with E-state index in [0.29, 0.717) is 5.69 Å². The maximum atomic E-state index is 12.3. The number of halogens is 3. The Kier molecular flexibility index (Phi) is 4.08. The summed E-state index contributed by atoms with van der Waals surface area (Å²) in [5, 5.41) is 6.84. The van der Waals surface area contributed by atoms with E-state index in [1.54, 1.807) is 0 Å². The largest absolute Gasteiger partial charge is 0.435 e. The molecule has 0 aliphatic rings. The Balaban J connectivity index is 3.01. The van der Waals surface area contributed by atoms with Gasteiger partial charge in [-0.1, -0.05) is 13.8 Å². The van der Waals surface area contributed by atoms with E-state index in [0.717, 1.165) is 6.07 Å². The molecular weight excluding hydrogens is 231 g/mol. The molecule has 96 valence electrons. The van der Waals surface area contributed by atoms with Crippen LogP contribution in [0.25, 0.3) is 0 Å². The molecule has 0 aliphatic carbocycles. The molecule has 2 atom stereocenters. The minimum absolute atomic E-state index is 0.0928. The van der Waals surface area contributed by atoms with Crippen LogP contribution in [0.15, 0.2) is 12.1 Å².